The molecule has 0 spiro atoms. The molecule has 5 nitrogen and oxygen atoms in total. The largest absolute Gasteiger partial charge is 0.490 e. The molecule has 0 saturated carbocycles. The van der Waals surface area contributed by atoms with Crippen LogP contribution in [0.3, 0.4) is 0 Å². The highest BCUT2D eigenvalue weighted by Gasteiger charge is 2.25. The fraction of sp³-hybridized carbons (Fsp3) is 0.292. The topological polar surface area (TPSA) is 53.0 Å². The number of hydrogen-bond donors (Lipinski definition) is 1. The summed E-state index contributed by atoms with van der Waals surface area (Å²) in [7, 11) is 0. The first-order valence-electron chi connectivity index (χ1n) is 10.3. The summed E-state index contributed by atoms with van der Waals surface area (Å²) in [4.78, 5) is 16.3. The molecule has 1 unspecified atom stereocenters. The van der Waals surface area contributed by atoms with Crippen LogP contribution in [0, 0.1) is 5.82 Å². The van der Waals surface area contributed by atoms with Gasteiger partial charge in [-0.25, -0.2) is 4.39 Å². The smallest absolute Gasteiger partial charge is 0.256 e. The number of aliphatic hydroxyl groups is 1. The van der Waals surface area contributed by atoms with Crippen LogP contribution in [-0.4, -0.2) is 66.2 Å². The molecule has 1 aliphatic heterocycles. The predicted molar refractivity (Wildman–Crippen MR) is 119 cm³/mol. The average Bonchev–Trinajstić information content (AvgIpc) is 2.78. The molecule has 1 saturated heterocycles. The quantitative estimate of drug-likeness (QED) is 0.630. The van der Waals surface area contributed by atoms with Crippen LogP contribution in [0.25, 0.3) is 10.8 Å². The van der Waals surface area contributed by atoms with Crippen molar-refractivity contribution in [1.29, 1.82) is 0 Å². The van der Waals surface area contributed by atoms with Gasteiger partial charge in [0.1, 0.15) is 24.3 Å². The van der Waals surface area contributed by atoms with Gasteiger partial charge < -0.3 is 14.7 Å². The van der Waals surface area contributed by atoms with E-state index in [0.29, 0.717) is 32.7 Å². The van der Waals surface area contributed by atoms with Gasteiger partial charge in [-0.05, 0) is 29.7 Å². The van der Waals surface area contributed by atoms with Crippen LogP contribution in [0.5, 0.6) is 5.75 Å². The molecule has 1 amide bonds. The van der Waals surface area contributed by atoms with Gasteiger partial charge in [-0.3, -0.25) is 9.69 Å². The number of piperazine rings is 1. The van der Waals surface area contributed by atoms with Gasteiger partial charge in [0.2, 0.25) is 0 Å². The molecule has 1 heterocycles. The monoisotopic (exact) mass is 442 g/mol. The Bertz CT molecular complexity index is 1060. The van der Waals surface area contributed by atoms with Crippen LogP contribution >= 0.6 is 11.6 Å². The normalized spacial score (nSPS) is 15.8. The Kier molecular flexibility index (Phi) is 6.70. The van der Waals surface area contributed by atoms with Crippen molar-refractivity contribution in [2.24, 2.45) is 0 Å². The minimum atomic E-state index is -0.657. The highest BCUT2D eigenvalue weighted by molar-refractivity contribution is 6.30. The Hall–Kier alpha value is -2.67. The van der Waals surface area contributed by atoms with Crippen LogP contribution in [0.1, 0.15) is 10.4 Å². The van der Waals surface area contributed by atoms with Crippen molar-refractivity contribution < 1.29 is 19.0 Å². The number of ether oxygens (including phenoxy) is 1. The van der Waals surface area contributed by atoms with Crippen molar-refractivity contribution in [3.63, 3.8) is 0 Å². The fourth-order valence-electron chi connectivity index (χ4n) is 3.83. The van der Waals surface area contributed by atoms with E-state index in [1.54, 1.807) is 4.90 Å². The van der Waals surface area contributed by atoms with Gasteiger partial charge in [-0.1, -0.05) is 48.0 Å². The molecule has 0 aromatic heterocycles. The van der Waals surface area contributed by atoms with E-state index >= 15 is 0 Å². The van der Waals surface area contributed by atoms with Crippen molar-refractivity contribution in [3.05, 3.63) is 77.1 Å². The number of carbonyl (C=O) groups excluding carboxylic acids is 1. The van der Waals surface area contributed by atoms with Gasteiger partial charge in [0, 0.05) is 43.1 Å². The van der Waals surface area contributed by atoms with Crippen LogP contribution < -0.4 is 4.74 Å². The summed E-state index contributed by atoms with van der Waals surface area (Å²) < 4.78 is 19.9. The lowest BCUT2D eigenvalue weighted by Crippen LogP contribution is -2.51. The first kappa shape index (κ1) is 21.6. The molecule has 162 valence electrons. The number of fused-ring (bicyclic) bond motifs is 1. The number of carbonyl (C=O) groups is 1. The summed E-state index contributed by atoms with van der Waals surface area (Å²) in [6.45, 7) is 2.78. The van der Waals surface area contributed by atoms with E-state index in [-0.39, 0.29) is 23.1 Å². The summed E-state index contributed by atoms with van der Waals surface area (Å²) in [5.74, 6) is -0.202. The Morgan fingerprint density at radius 2 is 1.81 bits per heavy atom. The third kappa shape index (κ3) is 5.15. The number of benzene rings is 3. The van der Waals surface area contributed by atoms with Gasteiger partial charge in [-0.15, -0.1) is 0 Å². The molecular weight excluding hydrogens is 419 g/mol. The first-order chi connectivity index (χ1) is 15.0. The minimum Gasteiger partial charge on any atom is -0.490 e. The number of β-amino-alcohol motifs (C(OH)–C–C–N with tert-alkyl or cyclic N) is 1. The van der Waals surface area contributed by atoms with Gasteiger partial charge >= 0.3 is 0 Å². The molecular formula is C24H24ClFN2O3. The second-order valence-electron chi connectivity index (χ2n) is 7.66. The maximum absolute atomic E-state index is 14.0. The Labute approximate surface area is 185 Å². The molecule has 1 atom stereocenters. The zero-order valence-electron chi connectivity index (χ0n) is 17.0. The molecule has 4 rings (SSSR count). The molecule has 0 bridgehead atoms. The van der Waals surface area contributed by atoms with E-state index in [1.807, 2.05) is 42.5 Å². The standard InChI is InChI=1S/C24H24ClFN2O3/c25-18-8-9-21(22(26)14-18)24(30)28-12-10-27(11-13-28)15-19(29)16-31-23-7-3-5-17-4-1-2-6-20(17)23/h1-9,14,19,29H,10-13,15-16H2. The third-order valence-corrected chi connectivity index (χ3v) is 5.71. The third-order valence-electron chi connectivity index (χ3n) is 5.47. The summed E-state index contributed by atoms with van der Waals surface area (Å²) in [5.41, 5.74) is 0.0290. The Balaban J connectivity index is 1.27. The Morgan fingerprint density at radius 3 is 2.58 bits per heavy atom. The second-order valence-corrected chi connectivity index (χ2v) is 8.10. The number of halogens is 2. The molecule has 7 heteroatoms. The van der Waals surface area contributed by atoms with Crippen molar-refractivity contribution in [2.75, 3.05) is 39.3 Å². The number of rotatable bonds is 6. The van der Waals surface area contributed by atoms with Gasteiger partial charge in [-0.2, -0.15) is 0 Å². The zero-order valence-corrected chi connectivity index (χ0v) is 17.8. The molecule has 1 fully saturated rings. The molecule has 31 heavy (non-hydrogen) atoms. The minimum absolute atomic E-state index is 0.0290. The molecule has 1 aliphatic rings. The van der Waals surface area contributed by atoms with E-state index in [0.717, 1.165) is 22.6 Å². The van der Waals surface area contributed by atoms with E-state index in [1.165, 1.54) is 12.1 Å². The second kappa shape index (κ2) is 9.64. The van der Waals surface area contributed by atoms with E-state index in [4.69, 9.17) is 16.3 Å². The molecule has 0 aliphatic carbocycles. The summed E-state index contributed by atoms with van der Waals surface area (Å²) in [6, 6.07) is 17.9. The molecule has 3 aromatic rings. The van der Waals surface area contributed by atoms with Crippen LogP contribution in [0.15, 0.2) is 60.7 Å². The van der Waals surface area contributed by atoms with Crippen LogP contribution in [-0.2, 0) is 0 Å². The lowest BCUT2D eigenvalue weighted by atomic mass is 10.1. The van der Waals surface area contributed by atoms with Gasteiger partial charge in [0.25, 0.3) is 5.91 Å². The van der Waals surface area contributed by atoms with Crippen molar-refractivity contribution in [1.82, 2.24) is 9.80 Å². The highest BCUT2D eigenvalue weighted by Crippen LogP contribution is 2.25. The molecule has 0 radical (unpaired) electrons. The van der Waals surface area contributed by atoms with E-state index in [2.05, 4.69) is 4.90 Å². The number of amides is 1. The number of nitrogens with zero attached hydrogens (tertiary/aromatic N) is 2. The lowest BCUT2D eigenvalue weighted by molar-refractivity contribution is 0.0404. The summed E-state index contributed by atoms with van der Waals surface area (Å²) in [6.07, 6.45) is -0.657. The van der Waals surface area contributed by atoms with Crippen molar-refractivity contribution in [2.45, 2.75) is 6.10 Å². The first-order valence-corrected chi connectivity index (χ1v) is 10.6. The zero-order chi connectivity index (χ0) is 21.8. The summed E-state index contributed by atoms with van der Waals surface area (Å²) in [5, 5.41) is 12.8. The SMILES string of the molecule is O=C(c1ccc(Cl)cc1F)N1CCN(CC(O)COc2cccc3ccccc23)CC1. The predicted octanol–water partition coefficient (Wildman–Crippen LogP) is 3.83. The lowest BCUT2D eigenvalue weighted by Gasteiger charge is -2.35. The molecule has 3 aromatic carbocycles. The number of aliphatic hydroxyl groups excluding tert-OH is 1. The number of hydrogen-bond acceptors (Lipinski definition) is 4. The van der Waals surface area contributed by atoms with Gasteiger partial charge in [0.15, 0.2) is 0 Å². The van der Waals surface area contributed by atoms with Gasteiger partial charge in [0.05, 0.1) is 5.56 Å². The summed E-state index contributed by atoms with van der Waals surface area (Å²) >= 11 is 5.76. The molecule has 1 N–H and O–H groups in total. The average molecular weight is 443 g/mol. The van der Waals surface area contributed by atoms with Crippen LogP contribution in [0.2, 0.25) is 5.02 Å². The highest BCUT2D eigenvalue weighted by atomic mass is 35.5. The van der Waals surface area contributed by atoms with Crippen LogP contribution in [0.4, 0.5) is 4.39 Å². The fourth-order valence-corrected chi connectivity index (χ4v) is 3.98. The van der Waals surface area contributed by atoms with Crippen molar-refractivity contribution in [3.8, 4) is 5.75 Å². The maximum Gasteiger partial charge on any atom is 0.256 e. The van der Waals surface area contributed by atoms with E-state index in [9.17, 15) is 14.3 Å². The van der Waals surface area contributed by atoms with Crippen molar-refractivity contribution >= 4 is 28.3 Å². The maximum atomic E-state index is 14.0. The Morgan fingerprint density at radius 1 is 1.06 bits per heavy atom. The van der Waals surface area contributed by atoms with E-state index < -0.39 is 11.9 Å².